The van der Waals surface area contributed by atoms with Crippen molar-refractivity contribution < 1.29 is 4.74 Å². The highest BCUT2D eigenvalue weighted by molar-refractivity contribution is 5.26. The predicted octanol–water partition coefficient (Wildman–Crippen LogP) is 2.79. The van der Waals surface area contributed by atoms with Crippen LogP contribution in [0.4, 0.5) is 0 Å². The molecule has 0 amide bonds. The molecule has 5 nitrogen and oxygen atoms in total. The average Bonchev–Trinajstić information content (AvgIpc) is 3.27. The molecule has 1 saturated carbocycles. The van der Waals surface area contributed by atoms with Crippen molar-refractivity contribution in [2.24, 2.45) is 5.92 Å². The van der Waals surface area contributed by atoms with E-state index in [1.54, 1.807) is 0 Å². The molecule has 1 aliphatic heterocycles. The second-order valence-corrected chi connectivity index (χ2v) is 8.01. The first-order valence-electron chi connectivity index (χ1n) is 10.3. The Morgan fingerprint density at radius 1 is 1.22 bits per heavy atom. The largest absolute Gasteiger partial charge is 0.379 e. The number of aromatic nitrogens is 2. The summed E-state index contributed by atoms with van der Waals surface area (Å²) in [6.45, 7) is 8.76. The maximum absolute atomic E-state index is 5.70. The summed E-state index contributed by atoms with van der Waals surface area (Å²) in [5.74, 6) is 0.672. The molecule has 2 aromatic rings. The van der Waals surface area contributed by atoms with Gasteiger partial charge in [-0.05, 0) is 38.2 Å². The molecule has 146 valence electrons. The molecular formula is C22H32N4O. The smallest absolute Gasteiger partial charge is 0.0662 e. The van der Waals surface area contributed by atoms with Gasteiger partial charge in [-0.1, -0.05) is 36.8 Å². The summed E-state index contributed by atoms with van der Waals surface area (Å²) >= 11 is 0. The lowest BCUT2D eigenvalue weighted by Gasteiger charge is -2.33. The number of hydrogen-bond acceptors (Lipinski definition) is 4. The lowest BCUT2D eigenvalue weighted by atomic mass is 9.94. The Morgan fingerprint density at radius 3 is 2.85 bits per heavy atom. The van der Waals surface area contributed by atoms with Gasteiger partial charge < -0.3 is 15.4 Å². The van der Waals surface area contributed by atoms with Gasteiger partial charge in [0.05, 0.1) is 25.5 Å². The first kappa shape index (κ1) is 18.7. The van der Waals surface area contributed by atoms with Crippen molar-refractivity contribution in [2.75, 3.05) is 19.8 Å². The van der Waals surface area contributed by atoms with E-state index in [0.29, 0.717) is 18.0 Å². The highest BCUT2D eigenvalue weighted by Gasteiger charge is 2.34. The molecule has 2 aliphatic rings. The van der Waals surface area contributed by atoms with E-state index in [1.165, 1.54) is 36.1 Å². The number of aryl methyl sites for hydroxylation is 1. The zero-order chi connectivity index (χ0) is 18.6. The van der Waals surface area contributed by atoms with E-state index in [9.17, 15) is 0 Å². The van der Waals surface area contributed by atoms with Crippen molar-refractivity contribution in [3.63, 3.8) is 0 Å². The zero-order valence-corrected chi connectivity index (χ0v) is 16.6. The van der Waals surface area contributed by atoms with Gasteiger partial charge in [0.1, 0.15) is 0 Å². The SMILES string of the molecule is Cc1nn(Cc2ccccc2)c(C)c1CNC1CCCC1C1COCCN1. The summed E-state index contributed by atoms with van der Waals surface area (Å²) in [5.41, 5.74) is 5.06. The number of hydrogen-bond donors (Lipinski definition) is 2. The lowest BCUT2D eigenvalue weighted by Crippen LogP contribution is -2.50. The number of rotatable bonds is 6. The standard InChI is InChI=1S/C22H32N4O/c1-16-20(17(2)26(25-16)14-18-7-4-3-5-8-18)13-24-21-10-6-9-19(21)22-15-27-12-11-23-22/h3-5,7-8,19,21-24H,6,9-15H2,1-2H3. The second kappa shape index (κ2) is 8.55. The summed E-state index contributed by atoms with van der Waals surface area (Å²) in [4.78, 5) is 0. The van der Waals surface area contributed by atoms with Gasteiger partial charge in [0.2, 0.25) is 0 Å². The van der Waals surface area contributed by atoms with E-state index in [4.69, 9.17) is 9.84 Å². The average molecular weight is 369 g/mol. The van der Waals surface area contributed by atoms with E-state index in [-0.39, 0.29) is 0 Å². The van der Waals surface area contributed by atoms with Crippen LogP contribution in [0.2, 0.25) is 0 Å². The minimum absolute atomic E-state index is 0.502. The Balaban J connectivity index is 1.40. The molecule has 3 unspecified atom stereocenters. The number of nitrogens with zero attached hydrogens (tertiary/aromatic N) is 2. The number of ether oxygens (including phenoxy) is 1. The summed E-state index contributed by atoms with van der Waals surface area (Å²) in [6, 6.07) is 11.6. The minimum atomic E-state index is 0.502. The Morgan fingerprint density at radius 2 is 2.07 bits per heavy atom. The van der Waals surface area contributed by atoms with E-state index in [2.05, 4.69) is 59.5 Å². The third-order valence-corrected chi connectivity index (χ3v) is 6.28. The van der Waals surface area contributed by atoms with Crippen LogP contribution in [0.5, 0.6) is 0 Å². The van der Waals surface area contributed by atoms with Crippen LogP contribution in [0, 0.1) is 19.8 Å². The summed E-state index contributed by atoms with van der Waals surface area (Å²) in [7, 11) is 0. The topological polar surface area (TPSA) is 51.1 Å². The van der Waals surface area contributed by atoms with Crippen molar-refractivity contribution in [2.45, 2.75) is 58.3 Å². The van der Waals surface area contributed by atoms with E-state index >= 15 is 0 Å². The normalized spacial score (nSPS) is 25.8. The zero-order valence-electron chi connectivity index (χ0n) is 16.6. The van der Waals surface area contributed by atoms with Crippen molar-refractivity contribution >= 4 is 0 Å². The van der Waals surface area contributed by atoms with Crippen molar-refractivity contribution in [3.05, 3.63) is 52.8 Å². The first-order valence-corrected chi connectivity index (χ1v) is 10.3. The van der Waals surface area contributed by atoms with Crippen LogP contribution in [-0.4, -0.2) is 41.6 Å². The number of morpholine rings is 1. The van der Waals surface area contributed by atoms with E-state index < -0.39 is 0 Å². The summed E-state index contributed by atoms with van der Waals surface area (Å²) in [6.07, 6.45) is 3.87. The van der Waals surface area contributed by atoms with Gasteiger partial charge >= 0.3 is 0 Å². The quantitative estimate of drug-likeness (QED) is 0.823. The Hall–Kier alpha value is -1.69. The molecule has 5 heteroatoms. The van der Waals surface area contributed by atoms with E-state index in [1.807, 2.05) is 0 Å². The van der Waals surface area contributed by atoms with Gasteiger partial charge in [-0.25, -0.2) is 0 Å². The molecule has 2 heterocycles. The van der Waals surface area contributed by atoms with E-state index in [0.717, 1.165) is 38.5 Å². The van der Waals surface area contributed by atoms with Crippen LogP contribution in [0.15, 0.2) is 30.3 Å². The fourth-order valence-electron chi connectivity index (χ4n) is 4.72. The molecule has 0 bridgehead atoms. The van der Waals surface area contributed by atoms with Crippen molar-refractivity contribution in [1.82, 2.24) is 20.4 Å². The van der Waals surface area contributed by atoms with Gasteiger partial charge in [-0.15, -0.1) is 0 Å². The van der Waals surface area contributed by atoms with Crippen LogP contribution in [0.25, 0.3) is 0 Å². The Kier molecular flexibility index (Phi) is 5.91. The molecule has 2 N–H and O–H groups in total. The molecule has 3 atom stereocenters. The lowest BCUT2D eigenvalue weighted by molar-refractivity contribution is 0.0524. The molecule has 1 saturated heterocycles. The maximum Gasteiger partial charge on any atom is 0.0662 e. The van der Waals surface area contributed by atoms with Gasteiger partial charge in [-0.3, -0.25) is 4.68 Å². The monoisotopic (exact) mass is 368 g/mol. The number of nitrogens with one attached hydrogen (secondary N) is 2. The molecule has 1 aliphatic carbocycles. The van der Waals surface area contributed by atoms with Crippen LogP contribution >= 0.6 is 0 Å². The molecular weight excluding hydrogens is 336 g/mol. The van der Waals surface area contributed by atoms with Gasteiger partial charge in [0.15, 0.2) is 0 Å². The van der Waals surface area contributed by atoms with Gasteiger partial charge in [0.25, 0.3) is 0 Å². The van der Waals surface area contributed by atoms with Crippen molar-refractivity contribution in [1.29, 1.82) is 0 Å². The van der Waals surface area contributed by atoms with Crippen LogP contribution in [0.1, 0.15) is 41.8 Å². The minimum Gasteiger partial charge on any atom is -0.379 e. The molecule has 1 aromatic heterocycles. The Bertz CT molecular complexity index is 736. The second-order valence-electron chi connectivity index (χ2n) is 8.01. The molecule has 1 aromatic carbocycles. The third kappa shape index (κ3) is 4.26. The number of benzene rings is 1. The highest BCUT2D eigenvalue weighted by Crippen LogP contribution is 2.30. The third-order valence-electron chi connectivity index (χ3n) is 6.28. The summed E-state index contributed by atoms with van der Waals surface area (Å²) < 4.78 is 7.84. The molecule has 4 rings (SSSR count). The predicted molar refractivity (Wildman–Crippen MR) is 108 cm³/mol. The maximum atomic E-state index is 5.70. The van der Waals surface area contributed by atoms with Crippen molar-refractivity contribution in [3.8, 4) is 0 Å². The molecule has 0 radical (unpaired) electrons. The Labute approximate surface area is 162 Å². The molecule has 0 spiro atoms. The van der Waals surface area contributed by atoms with Crippen LogP contribution in [0.3, 0.4) is 0 Å². The van der Waals surface area contributed by atoms with Gasteiger partial charge in [-0.2, -0.15) is 5.10 Å². The molecule has 2 fully saturated rings. The molecule has 27 heavy (non-hydrogen) atoms. The fraction of sp³-hybridized carbons (Fsp3) is 0.591. The van der Waals surface area contributed by atoms with Gasteiger partial charge in [0, 0.05) is 36.4 Å². The fourth-order valence-corrected chi connectivity index (χ4v) is 4.72. The van der Waals surface area contributed by atoms with Crippen LogP contribution < -0.4 is 10.6 Å². The van der Waals surface area contributed by atoms with Crippen LogP contribution in [-0.2, 0) is 17.8 Å². The summed E-state index contributed by atoms with van der Waals surface area (Å²) in [5, 5.41) is 12.3. The highest BCUT2D eigenvalue weighted by atomic mass is 16.5. The first-order chi connectivity index (χ1) is 13.2.